The van der Waals surface area contributed by atoms with Crippen molar-refractivity contribution in [3.05, 3.63) is 77.1 Å². The van der Waals surface area contributed by atoms with Crippen molar-refractivity contribution in [2.75, 3.05) is 4.72 Å². The SMILES string of the molecule is Cc1cc(NS(=O)(=O)c2ccc(C(C)(C)C)cc2)n2nc(-c3cccnc3)cc2c1Cl. The number of nitrogens with zero attached hydrogens (tertiary/aromatic N) is 3. The number of fused-ring (bicyclic) bond motifs is 1. The van der Waals surface area contributed by atoms with Crippen LogP contribution in [0.15, 0.2) is 65.8 Å². The smallest absolute Gasteiger partial charge is 0.263 e. The molecule has 3 aromatic heterocycles. The summed E-state index contributed by atoms with van der Waals surface area (Å²) in [5, 5.41) is 5.09. The summed E-state index contributed by atoms with van der Waals surface area (Å²) in [6.45, 7) is 8.08. The summed E-state index contributed by atoms with van der Waals surface area (Å²) < 4.78 is 30.3. The molecule has 0 bridgehead atoms. The average molecular weight is 455 g/mol. The Kier molecular flexibility index (Phi) is 5.27. The van der Waals surface area contributed by atoms with Crippen LogP contribution in [0, 0.1) is 6.92 Å². The van der Waals surface area contributed by atoms with E-state index in [1.807, 2.05) is 37.3 Å². The van der Waals surface area contributed by atoms with Crippen LogP contribution in [0.1, 0.15) is 31.9 Å². The number of pyridine rings is 2. The highest BCUT2D eigenvalue weighted by atomic mass is 35.5. The van der Waals surface area contributed by atoms with Gasteiger partial charge in [0.05, 0.1) is 21.1 Å². The second-order valence-corrected chi connectivity index (χ2v) is 10.5. The highest BCUT2D eigenvalue weighted by Crippen LogP contribution is 2.31. The minimum Gasteiger partial charge on any atom is -0.264 e. The third kappa shape index (κ3) is 4.16. The Bertz CT molecular complexity index is 1360. The highest BCUT2D eigenvalue weighted by molar-refractivity contribution is 7.92. The zero-order valence-corrected chi connectivity index (χ0v) is 19.3. The van der Waals surface area contributed by atoms with Gasteiger partial charge in [-0.2, -0.15) is 5.10 Å². The van der Waals surface area contributed by atoms with Gasteiger partial charge in [-0.1, -0.05) is 44.5 Å². The van der Waals surface area contributed by atoms with Gasteiger partial charge in [0, 0.05) is 18.0 Å². The standard InChI is InChI=1S/C23H23ClN4O2S/c1-15-12-21(27-31(29,30)18-9-7-17(8-10-18)23(2,3)4)28-20(22(15)24)13-19(26-28)16-6-5-11-25-14-16/h5-14,27H,1-4H3. The Hall–Kier alpha value is -2.90. The molecule has 4 rings (SSSR count). The maximum Gasteiger partial charge on any atom is 0.263 e. The highest BCUT2D eigenvalue weighted by Gasteiger charge is 2.21. The van der Waals surface area contributed by atoms with E-state index >= 15 is 0 Å². The predicted octanol–water partition coefficient (Wildman–Crippen LogP) is 5.46. The van der Waals surface area contributed by atoms with E-state index in [1.54, 1.807) is 30.6 Å². The van der Waals surface area contributed by atoms with Gasteiger partial charge in [-0.05, 0) is 59.9 Å². The van der Waals surface area contributed by atoms with E-state index in [2.05, 4.69) is 35.6 Å². The van der Waals surface area contributed by atoms with Crippen molar-refractivity contribution < 1.29 is 8.42 Å². The van der Waals surface area contributed by atoms with Gasteiger partial charge in [-0.25, -0.2) is 12.9 Å². The first-order chi connectivity index (χ1) is 14.6. The molecule has 0 aliphatic heterocycles. The average Bonchev–Trinajstić information content (AvgIpc) is 3.18. The molecule has 31 heavy (non-hydrogen) atoms. The Morgan fingerprint density at radius 2 is 1.77 bits per heavy atom. The molecule has 0 unspecified atom stereocenters. The molecule has 0 saturated carbocycles. The first-order valence-corrected chi connectivity index (χ1v) is 11.6. The van der Waals surface area contributed by atoms with Crippen LogP contribution in [0.5, 0.6) is 0 Å². The predicted molar refractivity (Wildman–Crippen MR) is 124 cm³/mol. The molecule has 0 aliphatic carbocycles. The second kappa shape index (κ2) is 7.66. The second-order valence-electron chi connectivity index (χ2n) is 8.47. The van der Waals surface area contributed by atoms with E-state index in [1.165, 1.54) is 4.52 Å². The molecule has 8 heteroatoms. The van der Waals surface area contributed by atoms with Crippen molar-refractivity contribution in [1.82, 2.24) is 14.6 Å². The number of nitrogens with one attached hydrogen (secondary N) is 1. The molecule has 0 fully saturated rings. The molecule has 0 spiro atoms. The first-order valence-electron chi connectivity index (χ1n) is 9.79. The van der Waals surface area contributed by atoms with Gasteiger partial charge in [0.25, 0.3) is 10.0 Å². The van der Waals surface area contributed by atoms with Gasteiger partial charge in [0.2, 0.25) is 0 Å². The fourth-order valence-corrected chi connectivity index (χ4v) is 4.53. The van der Waals surface area contributed by atoms with Crippen molar-refractivity contribution >= 4 is 33.0 Å². The van der Waals surface area contributed by atoms with Gasteiger partial charge >= 0.3 is 0 Å². The van der Waals surface area contributed by atoms with E-state index in [0.29, 0.717) is 22.1 Å². The summed E-state index contributed by atoms with van der Waals surface area (Å²) in [7, 11) is -3.82. The number of rotatable bonds is 4. The number of anilines is 1. The van der Waals surface area contributed by atoms with Crippen LogP contribution in [0.2, 0.25) is 5.02 Å². The molecule has 1 N–H and O–H groups in total. The van der Waals surface area contributed by atoms with Crippen molar-refractivity contribution in [1.29, 1.82) is 0 Å². The number of hydrogen-bond donors (Lipinski definition) is 1. The number of hydrogen-bond acceptors (Lipinski definition) is 4. The van der Waals surface area contributed by atoms with Crippen LogP contribution in [-0.2, 0) is 15.4 Å². The number of aromatic nitrogens is 3. The molecule has 0 saturated heterocycles. The third-order valence-electron chi connectivity index (χ3n) is 5.09. The van der Waals surface area contributed by atoms with E-state index < -0.39 is 10.0 Å². The molecule has 4 aromatic rings. The van der Waals surface area contributed by atoms with Crippen molar-refractivity contribution in [3.8, 4) is 11.3 Å². The molecule has 0 aliphatic rings. The van der Waals surface area contributed by atoms with Crippen molar-refractivity contribution in [3.63, 3.8) is 0 Å². The lowest BCUT2D eigenvalue weighted by Crippen LogP contribution is -2.17. The zero-order valence-electron chi connectivity index (χ0n) is 17.7. The van der Waals surface area contributed by atoms with Crippen LogP contribution in [0.4, 0.5) is 5.82 Å². The zero-order chi connectivity index (χ0) is 22.4. The Morgan fingerprint density at radius 3 is 2.39 bits per heavy atom. The minimum atomic E-state index is -3.82. The van der Waals surface area contributed by atoms with Gasteiger partial charge in [0.15, 0.2) is 0 Å². The van der Waals surface area contributed by atoms with E-state index in [0.717, 1.165) is 16.7 Å². The summed E-state index contributed by atoms with van der Waals surface area (Å²) in [4.78, 5) is 4.30. The molecule has 0 atom stereocenters. The summed E-state index contributed by atoms with van der Waals surface area (Å²) in [6.07, 6.45) is 3.38. The molecular weight excluding hydrogens is 432 g/mol. The summed E-state index contributed by atoms with van der Waals surface area (Å²) in [6, 6.07) is 14.1. The Labute approximate surface area is 187 Å². The first kappa shape index (κ1) is 21.3. The monoisotopic (exact) mass is 454 g/mol. The van der Waals surface area contributed by atoms with E-state index in [9.17, 15) is 8.42 Å². The van der Waals surface area contributed by atoms with Gasteiger partial charge < -0.3 is 0 Å². The number of benzene rings is 1. The molecule has 160 valence electrons. The van der Waals surface area contributed by atoms with E-state index in [4.69, 9.17) is 11.6 Å². The number of halogens is 1. The summed E-state index contributed by atoms with van der Waals surface area (Å²) >= 11 is 6.49. The van der Waals surface area contributed by atoms with Crippen LogP contribution < -0.4 is 4.72 Å². The third-order valence-corrected chi connectivity index (χ3v) is 6.95. The molecule has 0 amide bonds. The van der Waals surface area contributed by atoms with Crippen LogP contribution in [0.3, 0.4) is 0 Å². The largest absolute Gasteiger partial charge is 0.264 e. The Balaban J connectivity index is 1.77. The number of sulfonamides is 1. The molecule has 6 nitrogen and oxygen atoms in total. The molecule has 3 heterocycles. The quantitative estimate of drug-likeness (QED) is 0.444. The fourth-order valence-electron chi connectivity index (χ4n) is 3.31. The van der Waals surface area contributed by atoms with Crippen molar-refractivity contribution in [2.24, 2.45) is 0 Å². The maximum absolute atomic E-state index is 13.1. The lowest BCUT2D eigenvalue weighted by molar-refractivity contribution is 0.587. The van der Waals surface area contributed by atoms with Crippen molar-refractivity contribution in [2.45, 2.75) is 38.0 Å². The normalized spacial score (nSPS) is 12.3. The minimum absolute atomic E-state index is 0.0626. The van der Waals surface area contributed by atoms with Crippen LogP contribution in [-0.4, -0.2) is 23.0 Å². The van der Waals surface area contributed by atoms with Crippen LogP contribution >= 0.6 is 11.6 Å². The maximum atomic E-state index is 13.1. The lowest BCUT2D eigenvalue weighted by atomic mass is 9.87. The topological polar surface area (TPSA) is 76.4 Å². The lowest BCUT2D eigenvalue weighted by Gasteiger charge is -2.19. The van der Waals surface area contributed by atoms with Gasteiger partial charge in [0.1, 0.15) is 5.82 Å². The van der Waals surface area contributed by atoms with Gasteiger partial charge in [-0.3, -0.25) is 9.71 Å². The van der Waals surface area contributed by atoms with Crippen LogP contribution in [0.25, 0.3) is 16.8 Å². The fraction of sp³-hybridized carbons (Fsp3) is 0.217. The Morgan fingerprint density at radius 1 is 1.06 bits per heavy atom. The number of aryl methyl sites for hydroxylation is 1. The summed E-state index contributed by atoms with van der Waals surface area (Å²) in [5.41, 5.74) is 3.81. The van der Waals surface area contributed by atoms with Gasteiger partial charge in [-0.15, -0.1) is 0 Å². The molecule has 0 radical (unpaired) electrons. The van der Waals surface area contributed by atoms with E-state index in [-0.39, 0.29) is 10.3 Å². The summed E-state index contributed by atoms with van der Waals surface area (Å²) in [5.74, 6) is 0.312. The molecular formula is C23H23ClN4O2S. The molecule has 1 aromatic carbocycles.